The zero-order valence-electron chi connectivity index (χ0n) is 14.0. The van der Waals surface area contributed by atoms with Crippen LogP contribution in [0.1, 0.15) is 38.1 Å². The molecule has 0 aliphatic heterocycles. The van der Waals surface area contributed by atoms with Gasteiger partial charge in [0.05, 0.1) is 12.2 Å². The van der Waals surface area contributed by atoms with Gasteiger partial charge in [-0.05, 0) is 44.7 Å². The summed E-state index contributed by atoms with van der Waals surface area (Å²) in [4.78, 5) is 13.7. The summed E-state index contributed by atoms with van der Waals surface area (Å²) in [6, 6.07) is 6.07. The molecule has 0 saturated carbocycles. The third-order valence-electron chi connectivity index (χ3n) is 3.85. The lowest BCUT2D eigenvalue weighted by atomic mass is 10.2. The lowest BCUT2D eigenvalue weighted by molar-refractivity contribution is 0.0944. The van der Waals surface area contributed by atoms with Crippen LogP contribution in [0.4, 0.5) is 0 Å². The molecule has 24 heavy (non-hydrogen) atoms. The molecule has 0 bridgehead atoms. The van der Waals surface area contributed by atoms with Crippen molar-refractivity contribution in [1.82, 2.24) is 20.3 Å². The molecule has 0 saturated heterocycles. The number of hydrogen-bond donors (Lipinski definition) is 1. The summed E-state index contributed by atoms with van der Waals surface area (Å²) in [7, 11) is 0. The van der Waals surface area contributed by atoms with E-state index in [1.165, 1.54) is 4.88 Å². The maximum atomic E-state index is 12.4. The van der Waals surface area contributed by atoms with Crippen LogP contribution in [0.25, 0.3) is 0 Å². The van der Waals surface area contributed by atoms with E-state index >= 15 is 0 Å². The Kier molecular flexibility index (Phi) is 4.80. The highest BCUT2D eigenvalue weighted by Crippen LogP contribution is 2.16. The van der Waals surface area contributed by atoms with Crippen LogP contribution in [0.15, 0.2) is 28.1 Å². The van der Waals surface area contributed by atoms with Crippen molar-refractivity contribution in [2.45, 2.75) is 33.7 Å². The monoisotopic (exact) mass is 344 g/mol. The van der Waals surface area contributed by atoms with E-state index in [2.05, 4.69) is 21.6 Å². The lowest BCUT2D eigenvalue weighted by Gasteiger charge is -2.06. The van der Waals surface area contributed by atoms with Gasteiger partial charge in [-0.15, -0.1) is 11.3 Å². The zero-order chi connectivity index (χ0) is 17.1. The summed E-state index contributed by atoms with van der Waals surface area (Å²) >= 11 is 1.69. The van der Waals surface area contributed by atoms with Crippen LogP contribution < -0.4 is 5.32 Å². The number of aromatic nitrogens is 3. The Morgan fingerprint density at radius 2 is 2.21 bits per heavy atom. The Bertz CT molecular complexity index is 833. The first-order valence-electron chi connectivity index (χ1n) is 7.81. The van der Waals surface area contributed by atoms with Crippen molar-refractivity contribution in [3.8, 4) is 0 Å². The van der Waals surface area contributed by atoms with E-state index in [1.54, 1.807) is 11.3 Å². The normalized spacial score (nSPS) is 11.0. The third kappa shape index (κ3) is 3.56. The molecule has 7 heteroatoms. The van der Waals surface area contributed by atoms with Gasteiger partial charge in [0.2, 0.25) is 0 Å². The molecule has 3 heterocycles. The highest BCUT2D eigenvalue weighted by molar-refractivity contribution is 7.09. The number of thiophene rings is 1. The van der Waals surface area contributed by atoms with E-state index in [0.717, 1.165) is 23.4 Å². The highest BCUT2D eigenvalue weighted by Gasteiger charge is 2.20. The van der Waals surface area contributed by atoms with Crippen molar-refractivity contribution in [2.24, 2.45) is 0 Å². The van der Waals surface area contributed by atoms with Crippen LogP contribution in [0.2, 0.25) is 0 Å². The van der Waals surface area contributed by atoms with Crippen LogP contribution in [0.3, 0.4) is 0 Å². The summed E-state index contributed by atoms with van der Waals surface area (Å²) in [5.74, 6) is 0.436. The number of hydrogen-bond acceptors (Lipinski definition) is 5. The van der Waals surface area contributed by atoms with Crippen molar-refractivity contribution < 1.29 is 9.32 Å². The fourth-order valence-electron chi connectivity index (χ4n) is 2.58. The molecule has 0 aliphatic carbocycles. The first-order valence-corrected chi connectivity index (χ1v) is 8.69. The van der Waals surface area contributed by atoms with Gasteiger partial charge in [0, 0.05) is 22.7 Å². The molecule has 3 rings (SSSR count). The summed E-state index contributed by atoms with van der Waals surface area (Å²) < 4.78 is 7.10. The third-order valence-corrected chi connectivity index (χ3v) is 4.78. The van der Waals surface area contributed by atoms with Crippen LogP contribution in [-0.2, 0) is 13.0 Å². The van der Waals surface area contributed by atoms with Gasteiger partial charge in [-0.2, -0.15) is 5.10 Å². The molecule has 0 atom stereocenters. The Morgan fingerprint density at radius 3 is 2.88 bits per heavy atom. The zero-order valence-corrected chi connectivity index (χ0v) is 14.8. The number of carbonyl (C=O) groups excluding carboxylic acids is 1. The average molecular weight is 344 g/mol. The molecule has 6 nitrogen and oxygen atoms in total. The predicted molar refractivity (Wildman–Crippen MR) is 92.4 cm³/mol. The standard InChI is InChI=1S/C17H20N4O2S/c1-11-9-12(2)21(19-11)10-15-13(3)23-20-16(15)17(22)18-7-6-14-5-4-8-24-14/h4-5,8-9H,6-7,10H2,1-3H3,(H,18,22). The summed E-state index contributed by atoms with van der Waals surface area (Å²) in [6.07, 6.45) is 0.813. The molecule has 0 unspecified atom stereocenters. The molecule has 1 amide bonds. The molecule has 0 fully saturated rings. The Balaban J connectivity index is 1.69. The first kappa shape index (κ1) is 16.4. The molecule has 3 aromatic heterocycles. The minimum atomic E-state index is -0.208. The van der Waals surface area contributed by atoms with Gasteiger partial charge in [-0.1, -0.05) is 11.2 Å². The summed E-state index contributed by atoms with van der Waals surface area (Å²) in [5, 5.41) is 13.3. The van der Waals surface area contributed by atoms with Crippen molar-refractivity contribution in [2.75, 3.05) is 6.54 Å². The van der Waals surface area contributed by atoms with Crippen molar-refractivity contribution in [3.05, 3.63) is 56.9 Å². The van der Waals surface area contributed by atoms with Gasteiger partial charge < -0.3 is 9.84 Å². The van der Waals surface area contributed by atoms with Gasteiger partial charge in [-0.3, -0.25) is 9.48 Å². The Labute approximate surface area is 144 Å². The van der Waals surface area contributed by atoms with Gasteiger partial charge in [-0.25, -0.2) is 0 Å². The number of amides is 1. The Hall–Kier alpha value is -2.41. The second kappa shape index (κ2) is 7.00. The lowest BCUT2D eigenvalue weighted by Crippen LogP contribution is -2.27. The molecule has 0 radical (unpaired) electrons. The molecule has 0 aliphatic rings. The average Bonchev–Trinajstić information content (AvgIpc) is 3.23. The molecule has 1 N–H and O–H groups in total. The smallest absolute Gasteiger partial charge is 0.273 e. The second-order valence-corrected chi connectivity index (χ2v) is 6.77. The van der Waals surface area contributed by atoms with Crippen molar-refractivity contribution >= 4 is 17.2 Å². The molecule has 0 spiro atoms. The number of rotatable bonds is 6. The van der Waals surface area contributed by atoms with E-state index in [4.69, 9.17) is 4.52 Å². The minimum absolute atomic E-state index is 0.208. The maximum absolute atomic E-state index is 12.4. The van der Waals surface area contributed by atoms with E-state index in [-0.39, 0.29) is 5.91 Å². The SMILES string of the molecule is Cc1cc(C)n(Cc2c(C(=O)NCCc3cccs3)noc2C)n1. The molecule has 126 valence electrons. The van der Waals surface area contributed by atoms with E-state index in [1.807, 2.05) is 43.0 Å². The quantitative estimate of drug-likeness (QED) is 0.746. The molecular formula is C17H20N4O2S. The number of nitrogens with zero attached hydrogens (tertiary/aromatic N) is 3. The second-order valence-electron chi connectivity index (χ2n) is 5.74. The maximum Gasteiger partial charge on any atom is 0.273 e. The van der Waals surface area contributed by atoms with E-state index in [9.17, 15) is 4.79 Å². The van der Waals surface area contributed by atoms with Crippen LogP contribution >= 0.6 is 11.3 Å². The predicted octanol–water partition coefficient (Wildman–Crippen LogP) is 2.88. The fourth-order valence-corrected chi connectivity index (χ4v) is 3.29. The number of nitrogens with one attached hydrogen (secondary N) is 1. The summed E-state index contributed by atoms with van der Waals surface area (Å²) in [6.45, 7) is 6.80. The minimum Gasteiger partial charge on any atom is -0.361 e. The molecular weight excluding hydrogens is 324 g/mol. The number of carbonyl (C=O) groups is 1. The first-order chi connectivity index (χ1) is 11.5. The van der Waals surface area contributed by atoms with E-state index < -0.39 is 0 Å². The van der Waals surface area contributed by atoms with Gasteiger partial charge in [0.15, 0.2) is 5.69 Å². The van der Waals surface area contributed by atoms with E-state index in [0.29, 0.717) is 24.5 Å². The number of aryl methyl sites for hydroxylation is 3. The van der Waals surface area contributed by atoms with Crippen molar-refractivity contribution in [1.29, 1.82) is 0 Å². The van der Waals surface area contributed by atoms with Crippen LogP contribution in [0.5, 0.6) is 0 Å². The highest BCUT2D eigenvalue weighted by atomic mass is 32.1. The largest absolute Gasteiger partial charge is 0.361 e. The fraction of sp³-hybridized carbons (Fsp3) is 0.353. The Morgan fingerprint density at radius 1 is 1.38 bits per heavy atom. The van der Waals surface area contributed by atoms with Crippen LogP contribution in [0, 0.1) is 20.8 Å². The topological polar surface area (TPSA) is 73.0 Å². The van der Waals surface area contributed by atoms with Crippen molar-refractivity contribution in [3.63, 3.8) is 0 Å². The van der Waals surface area contributed by atoms with Gasteiger partial charge in [0.1, 0.15) is 5.76 Å². The molecule has 0 aromatic carbocycles. The van der Waals surface area contributed by atoms with Gasteiger partial charge >= 0.3 is 0 Å². The van der Waals surface area contributed by atoms with Gasteiger partial charge in [0.25, 0.3) is 5.91 Å². The summed E-state index contributed by atoms with van der Waals surface area (Å²) in [5.41, 5.74) is 3.10. The van der Waals surface area contributed by atoms with Crippen LogP contribution in [-0.4, -0.2) is 27.4 Å². The molecule has 3 aromatic rings.